The standard InChI is InChI=1S/C21H23N3O3.ClH/c1-13(2)18(19(25)23-12-11-14-7-9-15(22)10-8-14)24-20(26)16-5-3-4-6-17(16)21(24)27;/h3-10,13,18H,11-12,22H2,1-2H3,(H,23,25);1H. The van der Waals surface area contributed by atoms with Crippen LogP contribution in [0.5, 0.6) is 0 Å². The molecule has 3 amide bonds. The lowest BCUT2D eigenvalue weighted by atomic mass is 10.0. The minimum absolute atomic E-state index is 0. The molecule has 0 aliphatic carbocycles. The maximum absolute atomic E-state index is 12.8. The van der Waals surface area contributed by atoms with E-state index in [1.165, 1.54) is 0 Å². The van der Waals surface area contributed by atoms with Gasteiger partial charge in [0.25, 0.3) is 11.8 Å². The van der Waals surface area contributed by atoms with Crippen molar-refractivity contribution in [3.63, 3.8) is 0 Å². The molecular weight excluding hydrogens is 378 g/mol. The number of carbonyl (C=O) groups is 3. The van der Waals surface area contributed by atoms with Gasteiger partial charge < -0.3 is 11.1 Å². The van der Waals surface area contributed by atoms with E-state index >= 15 is 0 Å². The predicted molar refractivity (Wildman–Crippen MR) is 110 cm³/mol. The summed E-state index contributed by atoms with van der Waals surface area (Å²) in [4.78, 5) is 39.3. The first-order chi connectivity index (χ1) is 12.9. The van der Waals surface area contributed by atoms with Crippen LogP contribution < -0.4 is 11.1 Å². The van der Waals surface area contributed by atoms with Crippen LogP contribution >= 0.6 is 12.4 Å². The highest BCUT2D eigenvalue weighted by Gasteiger charge is 2.43. The number of rotatable bonds is 6. The number of nitrogens with zero attached hydrogens (tertiary/aromatic N) is 1. The molecule has 3 rings (SSSR count). The summed E-state index contributed by atoms with van der Waals surface area (Å²) in [5.74, 6) is -1.36. The van der Waals surface area contributed by atoms with Crippen molar-refractivity contribution in [1.82, 2.24) is 10.2 Å². The smallest absolute Gasteiger partial charge is 0.262 e. The number of amides is 3. The van der Waals surface area contributed by atoms with Crippen molar-refractivity contribution in [2.45, 2.75) is 26.3 Å². The Balaban J connectivity index is 0.00000280. The third-order valence-electron chi connectivity index (χ3n) is 4.70. The van der Waals surface area contributed by atoms with Crippen LogP contribution in [0.3, 0.4) is 0 Å². The van der Waals surface area contributed by atoms with Gasteiger partial charge in [0.2, 0.25) is 5.91 Å². The van der Waals surface area contributed by atoms with Crippen molar-refractivity contribution in [2.24, 2.45) is 5.92 Å². The summed E-state index contributed by atoms with van der Waals surface area (Å²) in [6.45, 7) is 4.07. The Morgan fingerprint density at radius 1 is 1.00 bits per heavy atom. The van der Waals surface area contributed by atoms with E-state index in [1.807, 2.05) is 38.1 Å². The van der Waals surface area contributed by atoms with Gasteiger partial charge in [-0.05, 0) is 42.2 Å². The molecule has 0 saturated heterocycles. The van der Waals surface area contributed by atoms with E-state index in [0.29, 0.717) is 29.8 Å². The van der Waals surface area contributed by atoms with Gasteiger partial charge in [0, 0.05) is 12.2 Å². The Hall–Kier alpha value is -2.86. The van der Waals surface area contributed by atoms with E-state index < -0.39 is 17.9 Å². The van der Waals surface area contributed by atoms with Gasteiger partial charge in [0.15, 0.2) is 0 Å². The molecule has 1 aliphatic rings. The molecule has 1 unspecified atom stereocenters. The Bertz CT molecular complexity index is 846. The average molecular weight is 402 g/mol. The quantitative estimate of drug-likeness (QED) is 0.575. The van der Waals surface area contributed by atoms with E-state index in [2.05, 4.69) is 5.32 Å². The van der Waals surface area contributed by atoms with E-state index in [1.54, 1.807) is 24.3 Å². The van der Waals surface area contributed by atoms with Crippen LogP contribution in [0, 0.1) is 5.92 Å². The number of carbonyl (C=O) groups excluding carboxylic acids is 3. The van der Waals surface area contributed by atoms with Crippen molar-refractivity contribution in [3.05, 3.63) is 65.2 Å². The highest BCUT2D eigenvalue weighted by molar-refractivity contribution is 6.22. The van der Waals surface area contributed by atoms with E-state index in [0.717, 1.165) is 10.5 Å². The second-order valence-electron chi connectivity index (χ2n) is 7.00. The summed E-state index contributed by atoms with van der Waals surface area (Å²) < 4.78 is 0. The summed E-state index contributed by atoms with van der Waals surface area (Å²) in [6, 6.07) is 13.3. The zero-order valence-corrected chi connectivity index (χ0v) is 16.7. The first-order valence-electron chi connectivity index (χ1n) is 8.99. The lowest BCUT2D eigenvalue weighted by Crippen LogP contribution is -2.52. The molecule has 0 bridgehead atoms. The van der Waals surface area contributed by atoms with Crippen LogP contribution in [0.25, 0.3) is 0 Å². The summed E-state index contributed by atoms with van der Waals surface area (Å²) in [5.41, 5.74) is 8.10. The molecule has 2 aromatic rings. The summed E-state index contributed by atoms with van der Waals surface area (Å²) in [6.07, 6.45) is 0.638. The molecule has 28 heavy (non-hydrogen) atoms. The number of hydrogen-bond acceptors (Lipinski definition) is 4. The second kappa shape index (κ2) is 8.89. The maximum atomic E-state index is 12.8. The normalized spacial score (nSPS) is 13.9. The summed E-state index contributed by atoms with van der Waals surface area (Å²) in [7, 11) is 0. The third kappa shape index (κ3) is 4.17. The molecule has 6 nitrogen and oxygen atoms in total. The SMILES string of the molecule is CC(C)C(C(=O)NCCc1ccc(N)cc1)N1C(=O)c2ccccc2C1=O.Cl. The first-order valence-corrected chi connectivity index (χ1v) is 8.99. The van der Waals surface area contributed by atoms with Crippen molar-refractivity contribution in [1.29, 1.82) is 0 Å². The number of hydrogen-bond donors (Lipinski definition) is 2. The van der Waals surface area contributed by atoms with E-state index in [4.69, 9.17) is 5.73 Å². The Labute approximate surface area is 170 Å². The first kappa shape index (κ1) is 21.4. The number of nitrogens with two attached hydrogens (primary N) is 1. The van der Waals surface area contributed by atoms with Crippen LogP contribution in [0.15, 0.2) is 48.5 Å². The van der Waals surface area contributed by atoms with Gasteiger partial charge in [0.1, 0.15) is 6.04 Å². The highest BCUT2D eigenvalue weighted by Crippen LogP contribution is 2.27. The Morgan fingerprint density at radius 3 is 2.04 bits per heavy atom. The van der Waals surface area contributed by atoms with Crippen molar-refractivity contribution in [3.8, 4) is 0 Å². The Kier molecular flexibility index (Phi) is 6.80. The van der Waals surface area contributed by atoms with Crippen LogP contribution in [-0.4, -0.2) is 35.2 Å². The fraction of sp³-hybridized carbons (Fsp3) is 0.286. The van der Waals surface area contributed by atoms with Gasteiger partial charge >= 0.3 is 0 Å². The maximum Gasteiger partial charge on any atom is 0.262 e. The highest BCUT2D eigenvalue weighted by atomic mass is 35.5. The number of halogens is 1. The van der Waals surface area contributed by atoms with Crippen LogP contribution in [0.4, 0.5) is 5.69 Å². The molecule has 0 aromatic heterocycles. The fourth-order valence-electron chi connectivity index (χ4n) is 3.30. The number of imide groups is 1. The lowest BCUT2D eigenvalue weighted by Gasteiger charge is -2.28. The van der Waals surface area contributed by atoms with Gasteiger partial charge in [0.05, 0.1) is 11.1 Å². The molecule has 0 spiro atoms. The number of nitrogen functional groups attached to an aromatic ring is 1. The average Bonchev–Trinajstić information content (AvgIpc) is 2.89. The van der Waals surface area contributed by atoms with E-state index in [9.17, 15) is 14.4 Å². The van der Waals surface area contributed by atoms with Gasteiger partial charge in [-0.1, -0.05) is 38.1 Å². The van der Waals surface area contributed by atoms with Crippen LogP contribution in [-0.2, 0) is 11.2 Å². The topological polar surface area (TPSA) is 92.5 Å². The Morgan fingerprint density at radius 2 is 1.54 bits per heavy atom. The minimum Gasteiger partial charge on any atom is -0.399 e. The molecule has 1 atom stereocenters. The zero-order valence-electron chi connectivity index (χ0n) is 15.8. The molecule has 1 aliphatic heterocycles. The number of fused-ring (bicyclic) bond motifs is 1. The van der Waals surface area contributed by atoms with Crippen LogP contribution in [0.1, 0.15) is 40.1 Å². The lowest BCUT2D eigenvalue weighted by molar-refractivity contribution is -0.126. The molecule has 2 aromatic carbocycles. The second-order valence-corrected chi connectivity index (χ2v) is 7.00. The van der Waals surface area contributed by atoms with Gasteiger partial charge in [-0.25, -0.2) is 0 Å². The minimum atomic E-state index is -0.844. The number of nitrogens with one attached hydrogen (secondary N) is 1. The molecule has 3 N–H and O–H groups in total. The molecule has 148 valence electrons. The number of benzene rings is 2. The van der Waals surface area contributed by atoms with Gasteiger partial charge in [-0.15, -0.1) is 12.4 Å². The molecule has 0 saturated carbocycles. The summed E-state index contributed by atoms with van der Waals surface area (Å²) in [5, 5.41) is 2.86. The third-order valence-corrected chi connectivity index (χ3v) is 4.70. The zero-order chi connectivity index (χ0) is 19.6. The van der Waals surface area contributed by atoms with Crippen molar-refractivity contribution in [2.75, 3.05) is 12.3 Å². The molecule has 0 fully saturated rings. The van der Waals surface area contributed by atoms with E-state index in [-0.39, 0.29) is 24.2 Å². The van der Waals surface area contributed by atoms with Crippen molar-refractivity contribution >= 4 is 35.8 Å². The van der Waals surface area contributed by atoms with Crippen molar-refractivity contribution < 1.29 is 14.4 Å². The fourth-order valence-corrected chi connectivity index (χ4v) is 3.30. The summed E-state index contributed by atoms with van der Waals surface area (Å²) >= 11 is 0. The molecule has 7 heteroatoms. The molecule has 0 radical (unpaired) electrons. The monoisotopic (exact) mass is 401 g/mol. The van der Waals surface area contributed by atoms with Gasteiger partial charge in [-0.2, -0.15) is 0 Å². The number of anilines is 1. The predicted octanol–water partition coefficient (Wildman–Crippen LogP) is 2.67. The molecular formula is C21H24ClN3O3. The largest absolute Gasteiger partial charge is 0.399 e. The molecule has 1 heterocycles. The van der Waals surface area contributed by atoms with Crippen LogP contribution in [0.2, 0.25) is 0 Å². The van der Waals surface area contributed by atoms with Gasteiger partial charge in [-0.3, -0.25) is 19.3 Å².